The van der Waals surface area contributed by atoms with Crippen molar-refractivity contribution in [2.24, 2.45) is 5.92 Å². The summed E-state index contributed by atoms with van der Waals surface area (Å²) in [5.41, 5.74) is 1.37. The SMILES string of the molecule is O=C(O)c1cc(N2CCCN(c3ncccn3)CC2)nc2ccc(NC(=O)C3CC3)cc12. The molecule has 5 rings (SSSR count). The molecule has 1 aliphatic carbocycles. The van der Waals surface area contributed by atoms with E-state index in [0.29, 0.717) is 34.9 Å². The maximum atomic E-state index is 12.1. The average molecular weight is 432 g/mol. The van der Waals surface area contributed by atoms with Gasteiger partial charge < -0.3 is 20.2 Å². The summed E-state index contributed by atoms with van der Waals surface area (Å²) in [7, 11) is 0. The summed E-state index contributed by atoms with van der Waals surface area (Å²) < 4.78 is 0. The van der Waals surface area contributed by atoms with Crippen molar-refractivity contribution >= 4 is 40.2 Å². The third-order valence-electron chi connectivity index (χ3n) is 5.90. The number of pyridine rings is 1. The fourth-order valence-electron chi connectivity index (χ4n) is 4.02. The van der Waals surface area contributed by atoms with Gasteiger partial charge in [0.25, 0.3) is 0 Å². The summed E-state index contributed by atoms with van der Waals surface area (Å²) in [6, 6.07) is 8.68. The largest absolute Gasteiger partial charge is 0.478 e. The Labute approximate surface area is 185 Å². The van der Waals surface area contributed by atoms with E-state index in [4.69, 9.17) is 4.98 Å². The zero-order valence-electron chi connectivity index (χ0n) is 17.6. The number of amides is 1. The van der Waals surface area contributed by atoms with Gasteiger partial charge in [-0.15, -0.1) is 0 Å². The van der Waals surface area contributed by atoms with E-state index < -0.39 is 5.97 Å². The number of rotatable bonds is 5. The Hall–Kier alpha value is -3.75. The Kier molecular flexibility index (Phi) is 5.30. The van der Waals surface area contributed by atoms with Gasteiger partial charge in [-0.2, -0.15) is 0 Å². The van der Waals surface area contributed by atoms with Gasteiger partial charge in [0.1, 0.15) is 5.82 Å². The Bertz CT molecular complexity index is 1170. The van der Waals surface area contributed by atoms with Crippen molar-refractivity contribution in [2.75, 3.05) is 41.3 Å². The number of nitrogens with one attached hydrogen (secondary N) is 1. The lowest BCUT2D eigenvalue weighted by molar-refractivity contribution is -0.117. The van der Waals surface area contributed by atoms with Crippen molar-refractivity contribution in [3.63, 3.8) is 0 Å². The number of benzene rings is 1. The first-order valence-corrected chi connectivity index (χ1v) is 10.8. The van der Waals surface area contributed by atoms with Crippen LogP contribution in [0, 0.1) is 5.92 Å². The van der Waals surface area contributed by atoms with E-state index in [1.165, 1.54) is 0 Å². The van der Waals surface area contributed by atoms with Gasteiger partial charge in [0.05, 0.1) is 11.1 Å². The third kappa shape index (κ3) is 4.18. The molecular weight excluding hydrogens is 408 g/mol. The molecule has 0 radical (unpaired) electrons. The monoisotopic (exact) mass is 432 g/mol. The second-order valence-corrected chi connectivity index (χ2v) is 8.21. The van der Waals surface area contributed by atoms with E-state index in [9.17, 15) is 14.7 Å². The van der Waals surface area contributed by atoms with E-state index in [2.05, 4.69) is 25.1 Å². The molecule has 9 nitrogen and oxygen atoms in total. The average Bonchev–Trinajstić information content (AvgIpc) is 3.66. The molecule has 1 aromatic carbocycles. The first-order chi connectivity index (χ1) is 15.6. The smallest absolute Gasteiger partial charge is 0.336 e. The molecule has 2 fully saturated rings. The molecule has 2 N–H and O–H groups in total. The quantitative estimate of drug-likeness (QED) is 0.633. The van der Waals surface area contributed by atoms with Crippen LogP contribution in [0.4, 0.5) is 17.5 Å². The molecule has 1 aliphatic heterocycles. The molecule has 2 aromatic heterocycles. The molecule has 1 saturated carbocycles. The number of nitrogens with zero attached hydrogens (tertiary/aromatic N) is 5. The van der Waals surface area contributed by atoms with Gasteiger partial charge in [-0.3, -0.25) is 4.79 Å². The van der Waals surface area contributed by atoms with Crippen molar-refractivity contribution in [1.82, 2.24) is 15.0 Å². The van der Waals surface area contributed by atoms with E-state index in [1.807, 2.05) is 0 Å². The number of carboxylic acids is 1. The Morgan fingerprint density at radius 3 is 2.50 bits per heavy atom. The minimum atomic E-state index is -1.02. The molecule has 3 aromatic rings. The molecule has 3 heterocycles. The highest BCUT2D eigenvalue weighted by atomic mass is 16.4. The highest BCUT2D eigenvalue weighted by Gasteiger charge is 2.29. The number of aromatic nitrogens is 3. The van der Waals surface area contributed by atoms with Crippen LogP contribution in [0.15, 0.2) is 42.7 Å². The summed E-state index contributed by atoms with van der Waals surface area (Å²) in [4.78, 5) is 41.8. The number of carboxylic acid groups (broad SMARTS) is 1. The number of aromatic carboxylic acids is 1. The molecule has 9 heteroatoms. The summed E-state index contributed by atoms with van der Waals surface area (Å²) in [6.45, 7) is 2.99. The number of anilines is 3. The maximum absolute atomic E-state index is 12.1. The van der Waals surface area contributed by atoms with Crippen LogP contribution in [0.2, 0.25) is 0 Å². The van der Waals surface area contributed by atoms with Gasteiger partial charge in [0.15, 0.2) is 0 Å². The highest BCUT2D eigenvalue weighted by Crippen LogP contribution is 2.31. The fraction of sp³-hybridized carbons (Fsp3) is 0.348. The minimum absolute atomic E-state index is 0.0117. The lowest BCUT2D eigenvalue weighted by Crippen LogP contribution is -2.32. The maximum Gasteiger partial charge on any atom is 0.336 e. The van der Waals surface area contributed by atoms with Crippen molar-refractivity contribution < 1.29 is 14.7 Å². The third-order valence-corrected chi connectivity index (χ3v) is 5.90. The standard InChI is InChI=1S/C23H24N6O3/c30-21(15-3-4-15)26-16-5-6-19-17(13-16)18(22(31)32)14-20(27-19)28-9-2-10-29(12-11-28)23-24-7-1-8-25-23/h1,5-8,13-15H,2-4,9-12H2,(H,26,30)(H,31,32). The normalized spacial score (nSPS) is 16.6. The van der Waals surface area contributed by atoms with Crippen LogP contribution in [0.3, 0.4) is 0 Å². The summed E-state index contributed by atoms with van der Waals surface area (Å²) in [6.07, 6.45) is 6.17. The molecule has 2 aliphatic rings. The first kappa shape index (κ1) is 20.2. The van der Waals surface area contributed by atoms with Crippen LogP contribution in [0.5, 0.6) is 0 Å². The molecular formula is C23H24N6O3. The summed E-state index contributed by atoms with van der Waals surface area (Å²) in [5.74, 6) is 0.392. The molecule has 0 atom stereocenters. The lowest BCUT2D eigenvalue weighted by Gasteiger charge is -2.23. The Balaban J connectivity index is 1.41. The van der Waals surface area contributed by atoms with Crippen molar-refractivity contribution in [2.45, 2.75) is 19.3 Å². The summed E-state index contributed by atoms with van der Waals surface area (Å²) in [5, 5.41) is 13.3. The molecule has 0 spiro atoms. The number of hydrogen-bond acceptors (Lipinski definition) is 7. The molecule has 1 saturated heterocycles. The lowest BCUT2D eigenvalue weighted by atomic mass is 10.1. The zero-order chi connectivity index (χ0) is 22.1. The number of fused-ring (bicyclic) bond motifs is 1. The predicted octanol–water partition coefficient (Wildman–Crippen LogP) is 2.79. The fourth-order valence-corrected chi connectivity index (χ4v) is 4.02. The van der Waals surface area contributed by atoms with Gasteiger partial charge >= 0.3 is 5.97 Å². The van der Waals surface area contributed by atoms with Crippen molar-refractivity contribution in [1.29, 1.82) is 0 Å². The van der Waals surface area contributed by atoms with Crippen LogP contribution in [-0.4, -0.2) is 58.1 Å². The van der Waals surface area contributed by atoms with Crippen LogP contribution in [0.1, 0.15) is 29.6 Å². The van der Waals surface area contributed by atoms with Crippen LogP contribution in [0.25, 0.3) is 10.9 Å². The van der Waals surface area contributed by atoms with E-state index >= 15 is 0 Å². The second-order valence-electron chi connectivity index (χ2n) is 8.21. The van der Waals surface area contributed by atoms with Gasteiger partial charge in [-0.05, 0) is 49.6 Å². The zero-order valence-corrected chi connectivity index (χ0v) is 17.6. The first-order valence-electron chi connectivity index (χ1n) is 10.8. The van der Waals surface area contributed by atoms with Gasteiger partial charge in [0, 0.05) is 55.6 Å². The number of carbonyl (C=O) groups is 2. The van der Waals surface area contributed by atoms with Crippen molar-refractivity contribution in [3.05, 3.63) is 48.3 Å². The molecule has 0 unspecified atom stereocenters. The highest BCUT2D eigenvalue weighted by molar-refractivity contribution is 6.05. The van der Waals surface area contributed by atoms with E-state index in [1.54, 1.807) is 42.7 Å². The number of hydrogen-bond donors (Lipinski definition) is 2. The molecule has 1 amide bonds. The van der Waals surface area contributed by atoms with E-state index in [0.717, 1.165) is 38.9 Å². The van der Waals surface area contributed by atoms with Crippen LogP contribution < -0.4 is 15.1 Å². The molecule has 0 bridgehead atoms. The Morgan fingerprint density at radius 2 is 1.75 bits per heavy atom. The molecule has 32 heavy (non-hydrogen) atoms. The van der Waals surface area contributed by atoms with Gasteiger partial charge in [-0.1, -0.05) is 0 Å². The Morgan fingerprint density at radius 1 is 1.00 bits per heavy atom. The minimum Gasteiger partial charge on any atom is -0.478 e. The van der Waals surface area contributed by atoms with Crippen LogP contribution in [-0.2, 0) is 4.79 Å². The topological polar surface area (TPSA) is 112 Å². The predicted molar refractivity (Wildman–Crippen MR) is 121 cm³/mol. The van der Waals surface area contributed by atoms with Gasteiger partial charge in [-0.25, -0.2) is 19.7 Å². The molecule has 164 valence electrons. The summed E-state index contributed by atoms with van der Waals surface area (Å²) >= 11 is 0. The van der Waals surface area contributed by atoms with Crippen molar-refractivity contribution in [3.8, 4) is 0 Å². The van der Waals surface area contributed by atoms with E-state index in [-0.39, 0.29) is 17.4 Å². The number of carbonyl (C=O) groups excluding carboxylic acids is 1. The second kappa shape index (κ2) is 8.41. The van der Waals surface area contributed by atoms with Crippen LogP contribution >= 0.6 is 0 Å². The van der Waals surface area contributed by atoms with Gasteiger partial charge in [0.2, 0.25) is 11.9 Å².